The summed E-state index contributed by atoms with van der Waals surface area (Å²) >= 11 is 1.93. The van der Waals surface area contributed by atoms with Crippen LogP contribution in [0.3, 0.4) is 0 Å². The van der Waals surface area contributed by atoms with Crippen LogP contribution < -0.4 is 5.56 Å². The average molecular weight is 406 g/mol. The number of aromatic carboxylic acids is 1. The maximum Gasteiger partial charge on any atom is 0.343 e. The van der Waals surface area contributed by atoms with Crippen LogP contribution in [-0.4, -0.2) is 25.7 Å². The number of halogens is 1. The summed E-state index contributed by atoms with van der Waals surface area (Å²) in [6, 6.07) is 3.28. The summed E-state index contributed by atoms with van der Waals surface area (Å²) < 4.78 is 1.57. The fourth-order valence-corrected chi connectivity index (χ4v) is 1.48. The van der Waals surface area contributed by atoms with Crippen molar-refractivity contribution in [2.75, 3.05) is 0 Å². The van der Waals surface area contributed by atoms with Gasteiger partial charge >= 0.3 is 5.97 Å². The van der Waals surface area contributed by atoms with E-state index < -0.39 is 11.5 Å². The minimum absolute atomic E-state index is 0. The fraction of sp³-hybridized carbons (Fsp3) is 0. The van der Waals surface area contributed by atoms with E-state index in [1.54, 1.807) is 12.1 Å². The summed E-state index contributed by atoms with van der Waals surface area (Å²) in [5.74, 6) is -1.30. The molecule has 0 saturated carbocycles. The Morgan fingerprint density at radius 2 is 2.12 bits per heavy atom. The largest absolute Gasteiger partial charge is 0.477 e. The number of fused-ring (bicyclic) bond motifs is 1. The summed E-state index contributed by atoms with van der Waals surface area (Å²) in [5, 5.41) is 12.6. The first-order valence-corrected chi connectivity index (χ1v) is 4.95. The standard InChI is InChI=1S/C8H4IN3O3.Y/c9-5-1-2-6-10-3-4(8(14)15)7(13)12(6)11-5;/h1-3H,(H,14,15);. The molecular formula is C8H4IN3O3Y. The molecule has 0 spiro atoms. The van der Waals surface area contributed by atoms with Crippen molar-refractivity contribution < 1.29 is 42.6 Å². The molecule has 2 aromatic rings. The first-order chi connectivity index (χ1) is 7.09. The molecule has 1 radical (unpaired) electrons. The second kappa shape index (κ2) is 5.28. The van der Waals surface area contributed by atoms with Crippen molar-refractivity contribution in [1.82, 2.24) is 14.6 Å². The number of carboxylic acids is 1. The fourth-order valence-electron chi connectivity index (χ4n) is 1.09. The molecule has 16 heavy (non-hydrogen) atoms. The van der Waals surface area contributed by atoms with Crippen molar-refractivity contribution >= 4 is 34.2 Å². The summed E-state index contributed by atoms with van der Waals surface area (Å²) in [6.45, 7) is 0. The third-order valence-electron chi connectivity index (χ3n) is 1.76. The van der Waals surface area contributed by atoms with E-state index in [9.17, 15) is 9.59 Å². The van der Waals surface area contributed by atoms with Crippen molar-refractivity contribution in [2.24, 2.45) is 0 Å². The Bertz CT molecular complexity index is 613. The molecule has 1 N–H and O–H groups in total. The molecule has 0 unspecified atom stereocenters. The van der Waals surface area contributed by atoms with Gasteiger partial charge in [0.15, 0.2) is 5.65 Å². The molecule has 0 saturated heterocycles. The van der Waals surface area contributed by atoms with E-state index in [0.29, 0.717) is 9.35 Å². The molecule has 0 aliphatic rings. The van der Waals surface area contributed by atoms with Gasteiger partial charge in [-0.1, -0.05) is 0 Å². The van der Waals surface area contributed by atoms with Crippen LogP contribution in [0.4, 0.5) is 0 Å². The Kier molecular flexibility index (Phi) is 4.51. The van der Waals surface area contributed by atoms with Crippen molar-refractivity contribution in [1.29, 1.82) is 0 Å². The number of hydrogen-bond donors (Lipinski definition) is 1. The molecule has 2 aromatic heterocycles. The van der Waals surface area contributed by atoms with E-state index in [-0.39, 0.29) is 38.3 Å². The normalized spacial score (nSPS) is 9.81. The molecule has 2 heterocycles. The minimum Gasteiger partial charge on any atom is -0.477 e. The third kappa shape index (κ3) is 2.46. The minimum atomic E-state index is -1.30. The van der Waals surface area contributed by atoms with Crippen molar-refractivity contribution in [3.63, 3.8) is 0 Å². The Morgan fingerprint density at radius 1 is 1.44 bits per heavy atom. The quantitative estimate of drug-likeness (QED) is 0.694. The van der Waals surface area contributed by atoms with Crippen LogP contribution >= 0.6 is 22.6 Å². The zero-order chi connectivity index (χ0) is 11.0. The van der Waals surface area contributed by atoms with Gasteiger partial charge < -0.3 is 5.11 Å². The van der Waals surface area contributed by atoms with Crippen LogP contribution in [0.2, 0.25) is 0 Å². The van der Waals surface area contributed by atoms with Gasteiger partial charge in [-0.05, 0) is 34.7 Å². The second-order valence-electron chi connectivity index (χ2n) is 2.71. The monoisotopic (exact) mass is 406 g/mol. The van der Waals surface area contributed by atoms with Gasteiger partial charge in [0.05, 0.1) is 0 Å². The van der Waals surface area contributed by atoms with E-state index in [4.69, 9.17) is 5.11 Å². The summed E-state index contributed by atoms with van der Waals surface area (Å²) in [7, 11) is 0. The number of nitrogens with zero attached hydrogens (tertiary/aromatic N) is 3. The SMILES string of the molecule is O=C(O)c1cnc2ccc(I)nn2c1=O.[Y]. The Balaban J connectivity index is 0.00000128. The Hall–Kier alpha value is -0.406. The molecule has 79 valence electrons. The Labute approximate surface area is 128 Å². The first kappa shape index (κ1) is 13.7. The van der Waals surface area contributed by atoms with E-state index in [1.165, 1.54) is 0 Å². The average Bonchev–Trinajstić information content (AvgIpc) is 2.19. The summed E-state index contributed by atoms with van der Waals surface area (Å²) in [4.78, 5) is 26.1. The number of rotatable bonds is 1. The topological polar surface area (TPSA) is 84.6 Å². The van der Waals surface area contributed by atoms with Crippen molar-refractivity contribution in [2.45, 2.75) is 0 Å². The molecular weight excluding hydrogens is 402 g/mol. The van der Waals surface area contributed by atoms with Gasteiger partial charge in [0.25, 0.3) is 5.56 Å². The molecule has 0 aliphatic carbocycles. The van der Waals surface area contributed by atoms with Gasteiger partial charge in [-0.25, -0.2) is 9.78 Å². The van der Waals surface area contributed by atoms with Gasteiger partial charge in [-0.15, -0.1) is 0 Å². The molecule has 0 fully saturated rings. The summed E-state index contributed by atoms with van der Waals surface area (Å²) in [6.07, 6.45) is 1.04. The van der Waals surface area contributed by atoms with Gasteiger partial charge in [0, 0.05) is 38.9 Å². The maximum atomic E-state index is 11.6. The molecule has 0 bridgehead atoms. The predicted molar refractivity (Wildman–Crippen MR) is 58.9 cm³/mol. The van der Waals surface area contributed by atoms with Gasteiger partial charge in [0.1, 0.15) is 9.26 Å². The zero-order valence-corrected chi connectivity index (χ0v) is 12.8. The van der Waals surface area contributed by atoms with E-state index in [0.717, 1.165) is 10.7 Å². The molecule has 6 nitrogen and oxygen atoms in total. The molecule has 0 aliphatic heterocycles. The van der Waals surface area contributed by atoms with Gasteiger partial charge in [-0.2, -0.15) is 9.61 Å². The van der Waals surface area contributed by atoms with Crippen LogP contribution in [-0.2, 0) is 32.7 Å². The number of carbonyl (C=O) groups is 1. The summed E-state index contributed by atoms with van der Waals surface area (Å²) in [5.41, 5.74) is -0.738. The smallest absolute Gasteiger partial charge is 0.343 e. The number of aromatic nitrogens is 3. The van der Waals surface area contributed by atoms with E-state index >= 15 is 0 Å². The van der Waals surface area contributed by atoms with Crippen LogP contribution in [0.15, 0.2) is 23.1 Å². The van der Waals surface area contributed by atoms with Crippen molar-refractivity contribution in [3.8, 4) is 0 Å². The second-order valence-corrected chi connectivity index (χ2v) is 3.81. The molecule has 0 atom stereocenters. The molecule has 8 heteroatoms. The van der Waals surface area contributed by atoms with Crippen LogP contribution in [0.1, 0.15) is 10.4 Å². The number of carboxylic acid groups (broad SMARTS) is 1. The van der Waals surface area contributed by atoms with Crippen LogP contribution in [0.5, 0.6) is 0 Å². The van der Waals surface area contributed by atoms with Gasteiger partial charge in [-0.3, -0.25) is 4.79 Å². The van der Waals surface area contributed by atoms with Crippen molar-refractivity contribution in [3.05, 3.63) is 37.9 Å². The zero-order valence-electron chi connectivity index (χ0n) is 7.79. The van der Waals surface area contributed by atoms with E-state index in [2.05, 4.69) is 10.1 Å². The predicted octanol–water partition coefficient (Wildman–Crippen LogP) is 0.390. The maximum absolute atomic E-state index is 11.6. The van der Waals surface area contributed by atoms with Gasteiger partial charge in [0.2, 0.25) is 0 Å². The first-order valence-electron chi connectivity index (χ1n) is 3.87. The molecule has 0 aromatic carbocycles. The van der Waals surface area contributed by atoms with E-state index in [1.807, 2.05) is 22.6 Å². The molecule has 0 amide bonds. The number of hydrogen-bond acceptors (Lipinski definition) is 4. The van der Waals surface area contributed by atoms with Crippen LogP contribution in [0.25, 0.3) is 5.65 Å². The third-order valence-corrected chi connectivity index (χ3v) is 2.34. The Morgan fingerprint density at radius 3 is 2.75 bits per heavy atom. The molecule has 2 rings (SSSR count). The van der Waals surface area contributed by atoms with Crippen LogP contribution in [0, 0.1) is 3.70 Å².